The lowest BCUT2D eigenvalue weighted by Gasteiger charge is -2.20. The van der Waals surface area contributed by atoms with Gasteiger partial charge < -0.3 is 5.32 Å². The van der Waals surface area contributed by atoms with Gasteiger partial charge in [-0.15, -0.1) is 0 Å². The van der Waals surface area contributed by atoms with Crippen LogP contribution in [0.1, 0.15) is 31.2 Å². The maximum absolute atomic E-state index is 13.8. The number of amides is 1. The van der Waals surface area contributed by atoms with Gasteiger partial charge in [-0.1, -0.05) is 30.5 Å². The number of carbonyl (C=O) groups is 1. The number of nitrogens with one attached hydrogen (secondary N) is 1. The van der Waals surface area contributed by atoms with Crippen molar-refractivity contribution >= 4 is 33.2 Å². The number of anilines is 1. The number of hydrogen-bond acceptors (Lipinski definition) is 3. The zero-order chi connectivity index (χ0) is 20.1. The van der Waals surface area contributed by atoms with Gasteiger partial charge in [-0.3, -0.25) is 4.79 Å². The van der Waals surface area contributed by atoms with Gasteiger partial charge in [0.2, 0.25) is 15.9 Å². The maximum Gasteiger partial charge on any atom is 0.243 e. The third-order valence-electron chi connectivity index (χ3n) is 4.74. The standard InChI is InChI=1S/C20H22ClFN2O3S/c21-18-6-5-7-19(22)17(18)14-20(25)23-15-8-10-16(11-9-15)28(26,27)24-12-3-1-2-4-13-24/h5-11H,1-4,12-14H2,(H,23,25). The molecule has 1 aliphatic rings. The first-order valence-corrected chi connectivity index (χ1v) is 11.0. The normalized spacial score (nSPS) is 15.8. The van der Waals surface area contributed by atoms with Gasteiger partial charge in [0.15, 0.2) is 0 Å². The van der Waals surface area contributed by atoms with Gasteiger partial charge in [0.1, 0.15) is 5.82 Å². The van der Waals surface area contributed by atoms with Gasteiger partial charge >= 0.3 is 0 Å². The predicted octanol–water partition coefficient (Wildman–Crippen LogP) is 4.23. The third-order valence-corrected chi connectivity index (χ3v) is 7.01. The number of carbonyl (C=O) groups excluding carboxylic acids is 1. The third kappa shape index (κ3) is 4.90. The van der Waals surface area contributed by atoms with E-state index in [1.165, 1.54) is 46.8 Å². The molecule has 28 heavy (non-hydrogen) atoms. The molecule has 1 saturated heterocycles. The molecule has 1 fully saturated rings. The lowest BCUT2D eigenvalue weighted by Crippen LogP contribution is -2.31. The Bertz CT molecular complexity index is 920. The van der Waals surface area contributed by atoms with E-state index in [4.69, 9.17) is 11.6 Å². The lowest BCUT2D eigenvalue weighted by molar-refractivity contribution is -0.115. The highest BCUT2D eigenvalue weighted by Gasteiger charge is 2.25. The summed E-state index contributed by atoms with van der Waals surface area (Å²) >= 11 is 5.94. The molecule has 150 valence electrons. The minimum atomic E-state index is -3.54. The van der Waals surface area contributed by atoms with Crippen molar-refractivity contribution in [3.8, 4) is 0 Å². The first-order chi connectivity index (χ1) is 13.4. The van der Waals surface area contributed by atoms with E-state index in [2.05, 4.69) is 5.32 Å². The zero-order valence-corrected chi connectivity index (χ0v) is 16.9. The highest BCUT2D eigenvalue weighted by molar-refractivity contribution is 7.89. The summed E-state index contributed by atoms with van der Waals surface area (Å²) in [4.78, 5) is 12.4. The minimum absolute atomic E-state index is 0.127. The number of rotatable bonds is 5. The molecule has 1 amide bonds. The van der Waals surface area contributed by atoms with Crippen LogP contribution >= 0.6 is 11.6 Å². The van der Waals surface area contributed by atoms with E-state index in [9.17, 15) is 17.6 Å². The average Bonchev–Trinajstić information content (AvgIpc) is 2.95. The highest BCUT2D eigenvalue weighted by Crippen LogP contribution is 2.23. The van der Waals surface area contributed by atoms with E-state index in [0.29, 0.717) is 18.8 Å². The van der Waals surface area contributed by atoms with Crippen molar-refractivity contribution in [1.29, 1.82) is 0 Å². The fourth-order valence-electron chi connectivity index (χ4n) is 3.21. The molecule has 0 saturated carbocycles. The highest BCUT2D eigenvalue weighted by atomic mass is 35.5. The SMILES string of the molecule is O=C(Cc1c(F)cccc1Cl)Nc1ccc(S(=O)(=O)N2CCCCCC2)cc1. The molecule has 0 spiro atoms. The number of sulfonamides is 1. The Morgan fingerprint density at radius 2 is 1.68 bits per heavy atom. The van der Waals surface area contributed by atoms with Crippen molar-refractivity contribution in [2.45, 2.75) is 37.0 Å². The van der Waals surface area contributed by atoms with E-state index in [1.807, 2.05) is 0 Å². The van der Waals surface area contributed by atoms with E-state index in [-0.39, 0.29) is 21.9 Å². The molecule has 1 heterocycles. The van der Waals surface area contributed by atoms with Gasteiger partial charge in [0.05, 0.1) is 11.3 Å². The van der Waals surface area contributed by atoms with Crippen LogP contribution in [0.15, 0.2) is 47.4 Å². The van der Waals surface area contributed by atoms with Gasteiger partial charge in [0, 0.05) is 29.4 Å². The summed E-state index contributed by atoms with van der Waals surface area (Å²) in [5.74, 6) is -0.975. The molecular weight excluding hydrogens is 403 g/mol. The maximum atomic E-state index is 13.8. The largest absolute Gasteiger partial charge is 0.326 e. The zero-order valence-electron chi connectivity index (χ0n) is 15.3. The summed E-state index contributed by atoms with van der Waals surface area (Å²) in [5, 5.41) is 2.83. The van der Waals surface area contributed by atoms with Crippen LogP contribution in [-0.4, -0.2) is 31.7 Å². The summed E-state index contributed by atoms with van der Waals surface area (Å²) in [6.07, 6.45) is 3.61. The van der Waals surface area contributed by atoms with E-state index < -0.39 is 21.7 Å². The van der Waals surface area contributed by atoms with Crippen LogP contribution in [0.25, 0.3) is 0 Å². The molecule has 0 radical (unpaired) electrons. The van der Waals surface area contributed by atoms with E-state index in [0.717, 1.165) is 25.7 Å². The second-order valence-electron chi connectivity index (χ2n) is 6.77. The molecule has 1 aliphatic heterocycles. The number of nitrogens with zero attached hydrogens (tertiary/aromatic N) is 1. The van der Waals surface area contributed by atoms with E-state index in [1.54, 1.807) is 0 Å². The topological polar surface area (TPSA) is 66.5 Å². The van der Waals surface area contributed by atoms with Crippen molar-refractivity contribution in [2.24, 2.45) is 0 Å². The molecule has 2 aromatic carbocycles. The Kier molecular flexibility index (Phi) is 6.69. The first kappa shape index (κ1) is 20.8. The summed E-state index contributed by atoms with van der Waals surface area (Å²) < 4.78 is 40.9. The molecule has 0 atom stereocenters. The van der Waals surface area contributed by atoms with Crippen LogP contribution in [0.2, 0.25) is 5.02 Å². The van der Waals surface area contributed by atoms with Crippen LogP contribution in [0, 0.1) is 5.82 Å². The Hall–Kier alpha value is -1.96. The minimum Gasteiger partial charge on any atom is -0.326 e. The quantitative estimate of drug-likeness (QED) is 0.781. The number of halogens is 2. The van der Waals surface area contributed by atoms with Crippen molar-refractivity contribution in [3.05, 3.63) is 58.9 Å². The first-order valence-electron chi connectivity index (χ1n) is 9.21. The molecule has 2 aromatic rings. The lowest BCUT2D eigenvalue weighted by atomic mass is 10.1. The second kappa shape index (κ2) is 9.03. The monoisotopic (exact) mass is 424 g/mol. The molecule has 5 nitrogen and oxygen atoms in total. The molecule has 0 unspecified atom stereocenters. The Morgan fingerprint density at radius 1 is 1.04 bits per heavy atom. The fraction of sp³-hybridized carbons (Fsp3) is 0.350. The second-order valence-corrected chi connectivity index (χ2v) is 9.11. The Labute approximate surface area is 169 Å². The summed E-state index contributed by atoms with van der Waals surface area (Å²) in [6, 6.07) is 10.3. The molecular formula is C20H22ClFN2O3S. The van der Waals surface area contributed by atoms with Crippen LogP contribution in [0.3, 0.4) is 0 Å². The molecule has 3 rings (SSSR count). The summed E-state index contributed by atoms with van der Waals surface area (Å²) in [6.45, 7) is 1.06. The Morgan fingerprint density at radius 3 is 2.29 bits per heavy atom. The molecule has 1 N–H and O–H groups in total. The summed E-state index contributed by atoms with van der Waals surface area (Å²) in [7, 11) is -3.54. The Balaban J connectivity index is 1.68. The fourth-order valence-corrected chi connectivity index (χ4v) is 4.96. The molecule has 0 aliphatic carbocycles. The van der Waals surface area contributed by atoms with Crippen LogP contribution < -0.4 is 5.32 Å². The van der Waals surface area contributed by atoms with Crippen molar-refractivity contribution in [2.75, 3.05) is 18.4 Å². The smallest absolute Gasteiger partial charge is 0.243 e. The van der Waals surface area contributed by atoms with Gasteiger partial charge in [-0.25, -0.2) is 12.8 Å². The van der Waals surface area contributed by atoms with Crippen LogP contribution in [0.5, 0.6) is 0 Å². The molecule has 0 bridgehead atoms. The number of hydrogen-bond donors (Lipinski definition) is 1. The predicted molar refractivity (Wildman–Crippen MR) is 107 cm³/mol. The molecule has 8 heteroatoms. The van der Waals surface area contributed by atoms with Crippen LogP contribution in [0.4, 0.5) is 10.1 Å². The average molecular weight is 425 g/mol. The number of benzene rings is 2. The van der Waals surface area contributed by atoms with Gasteiger partial charge in [-0.2, -0.15) is 4.31 Å². The van der Waals surface area contributed by atoms with Crippen molar-refractivity contribution in [3.63, 3.8) is 0 Å². The van der Waals surface area contributed by atoms with Crippen molar-refractivity contribution < 1.29 is 17.6 Å². The van der Waals surface area contributed by atoms with Gasteiger partial charge in [0.25, 0.3) is 0 Å². The van der Waals surface area contributed by atoms with Crippen molar-refractivity contribution in [1.82, 2.24) is 4.31 Å². The van der Waals surface area contributed by atoms with E-state index >= 15 is 0 Å². The van der Waals surface area contributed by atoms with Gasteiger partial charge in [-0.05, 0) is 49.2 Å². The molecule has 0 aromatic heterocycles. The summed E-state index contributed by atoms with van der Waals surface area (Å²) in [5.41, 5.74) is 0.564. The van der Waals surface area contributed by atoms with Crippen LogP contribution in [-0.2, 0) is 21.2 Å².